The van der Waals surface area contributed by atoms with Crippen LogP contribution in [0.4, 0.5) is 4.79 Å². The van der Waals surface area contributed by atoms with Crippen LogP contribution < -0.4 is 0 Å². The van der Waals surface area contributed by atoms with Gasteiger partial charge in [0.2, 0.25) is 0 Å². The molecule has 0 aromatic carbocycles. The Hall–Kier alpha value is -0.370. The van der Waals surface area contributed by atoms with Gasteiger partial charge in [0.15, 0.2) is 0 Å². The Balaban J connectivity index is 2.33. The van der Waals surface area contributed by atoms with Gasteiger partial charge in [-0.1, -0.05) is 0 Å². The molecule has 2 fully saturated rings. The molecule has 2 saturated heterocycles. The van der Waals surface area contributed by atoms with Gasteiger partial charge in [-0.3, -0.25) is 5.21 Å². The lowest BCUT2D eigenvalue weighted by molar-refractivity contribution is -0.0402. The molecule has 2 atom stereocenters. The first kappa shape index (κ1) is 9.20. The number of nitrogens with zero attached hydrogens (tertiary/aromatic N) is 3. The maximum Gasteiger partial charge on any atom is 0.344 e. The van der Waals surface area contributed by atoms with Gasteiger partial charge in [0.1, 0.15) is 6.04 Å². The number of piperidine rings is 1. The molecule has 2 bridgehead atoms. The molecule has 0 saturated carbocycles. The molecular weight excluding hydrogens is 285 g/mol. The van der Waals surface area contributed by atoms with Gasteiger partial charge in [-0.15, -0.1) is 0 Å². The fourth-order valence-corrected chi connectivity index (χ4v) is 2.38. The monoisotopic (exact) mass is 295 g/mol. The second-order valence-electron chi connectivity index (χ2n) is 3.42. The van der Waals surface area contributed by atoms with Gasteiger partial charge in [-0.05, 0) is 6.92 Å². The van der Waals surface area contributed by atoms with E-state index in [1.165, 1.54) is 0 Å². The number of urea groups is 1. The van der Waals surface area contributed by atoms with Crippen LogP contribution in [0.5, 0.6) is 0 Å². The number of hydrogen-bond acceptors (Lipinski definition) is 3. The minimum Gasteiger partial charge on any atom is -0.317 e. The Morgan fingerprint density at radius 1 is 1.69 bits per heavy atom. The first-order valence-corrected chi connectivity index (χ1v) is 5.08. The second-order valence-corrected chi connectivity index (χ2v) is 3.91. The Labute approximate surface area is 89.9 Å². The maximum absolute atomic E-state index is 11.4. The molecule has 0 aliphatic carbocycles. The molecule has 2 unspecified atom stereocenters. The van der Waals surface area contributed by atoms with Crippen molar-refractivity contribution in [1.82, 2.24) is 9.96 Å². The highest BCUT2D eigenvalue weighted by molar-refractivity contribution is 14.1. The smallest absolute Gasteiger partial charge is 0.317 e. The van der Waals surface area contributed by atoms with E-state index in [4.69, 9.17) is 0 Å². The van der Waals surface area contributed by atoms with Crippen molar-refractivity contribution in [3.8, 4) is 0 Å². The molecule has 0 radical (unpaired) electrons. The number of carbonyl (C=O) groups is 1. The van der Waals surface area contributed by atoms with E-state index in [-0.39, 0.29) is 18.1 Å². The first-order valence-electron chi connectivity index (χ1n) is 4.11. The zero-order valence-electron chi connectivity index (χ0n) is 7.14. The number of hydrogen-bond donors (Lipinski definition) is 1. The molecule has 2 heterocycles. The van der Waals surface area contributed by atoms with Crippen molar-refractivity contribution < 1.29 is 10.0 Å². The molecular formula is C7H10IN3O2. The van der Waals surface area contributed by atoms with E-state index in [0.29, 0.717) is 6.54 Å². The SMILES string of the molecule is CC1CC(=NI)C2CN1C(=O)N2O. The molecule has 2 aliphatic rings. The molecule has 0 aromatic rings. The Bertz CT molecular complexity index is 281. The van der Waals surface area contributed by atoms with Crippen LogP contribution in [0.15, 0.2) is 3.21 Å². The number of halogens is 1. The number of fused-ring (bicyclic) bond motifs is 2. The predicted molar refractivity (Wildman–Crippen MR) is 55.0 cm³/mol. The molecule has 6 heteroatoms. The number of rotatable bonds is 0. The topological polar surface area (TPSA) is 56.1 Å². The quantitative estimate of drug-likeness (QED) is 0.537. The Morgan fingerprint density at radius 2 is 2.38 bits per heavy atom. The van der Waals surface area contributed by atoms with Crippen LogP contribution in [-0.4, -0.2) is 45.5 Å². The summed E-state index contributed by atoms with van der Waals surface area (Å²) in [6.07, 6.45) is 0.760. The molecule has 13 heavy (non-hydrogen) atoms. The van der Waals surface area contributed by atoms with Crippen LogP contribution in [0.1, 0.15) is 13.3 Å². The van der Waals surface area contributed by atoms with Crippen LogP contribution in [0.25, 0.3) is 0 Å². The molecule has 2 aliphatic heterocycles. The highest BCUT2D eigenvalue weighted by Crippen LogP contribution is 2.27. The van der Waals surface area contributed by atoms with Gasteiger partial charge < -0.3 is 4.90 Å². The van der Waals surface area contributed by atoms with Crippen molar-refractivity contribution in [2.45, 2.75) is 25.4 Å². The van der Waals surface area contributed by atoms with E-state index in [1.807, 2.05) is 29.8 Å². The third-order valence-electron chi connectivity index (χ3n) is 2.64. The van der Waals surface area contributed by atoms with Crippen LogP contribution in [-0.2, 0) is 0 Å². The molecule has 72 valence electrons. The number of amides is 2. The summed E-state index contributed by atoms with van der Waals surface area (Å²) >= 11 is 1.91. The highest BCUT2D eigenvalue weighted by Gasteiger charge is 2.46. The minimum atomic E-state index is -0.299. The van der Waals surface area contributed by atoms with Crippen molar-refractivity contribution in [2.24, 2.45) is 3.21 Å². The molecule has 2 amide bonds. The summed E-state index contributed by atoms with van der Waals surface area (Å²) in [5.74, 6) is 0. The van der Waals surface area contributed by atoms with E-state index in [9.17, 15) is 10.0 Å². The largest absolute Gasteiger partial charge is 0.344 e. The summed E-state index contributed by atoms with van der Waals surface area (Å²) in [6.45, 7) is 2.54. The van der Waals surface area contributed by atoms with Gasteiger partial charge in [-0.2, -0.15) is 5.06 Å². The van der Waals surface area contributed by atoms with Gasteiger partial charge in [0, 0.05) is 12.5 Å². The van der Waals surface area contributed by atoms with E-state index < -0.39 is 0 Å². The predicted octanol–water partition coefficient (Wildman–Crippen LogP) is 1.06. The third-order valence-corrected chi connectivity index (χ3v) is 3.26. The summed E-state index contributed by atoms with van der Waals surface area (Å²) in [4.78, 5) is 13.1. The maximum atomic E-state index is 11.4. The average Bonchev–Trinajstić information content (AvgIpc) is 2.38. The Kier molecular flexibility index (Phi) is 2.18. The minimum absolute atomic E-state index is 0.148. The van der Waals surface area contributed by atoms with Gasteiger partial charge in [0.05, 0.1) is 35.1 Å². The molecule has 1 N–H and O–H groups in total. The van der Waals surface area contributed by atoms with Crippen molar-refractivity contribution in [3.05, 3.63) is 0 Å². The van der Waals surface area contributed by atoms with Gasteiger partial charge in [-0.25, -0.2) is 8.00 Å². The highest BCUT2D eigenvalue weighted by atomic mass is 127. The van der Waals surface area contributed by atoms with Crippen LogP contribution in [0.3, 0.4) is 0 Å². The lowest BCUT2D eigenvalue weighted by atomic mass is 10.0. The lowest BCUT2D eigenvalue weighted by Gasteiger charge is -2.27. The average molecular weight is 295 g/mol. The normalized spacial score (nSPS) is 36.2. The van der Waals surface area contributed by atoms with Crippen LogP contribution in [0, 0.1) is 0 Å². The fourth-order valence-electron chi connectivity index (χ4n) is 1.86. The second kappa shape index (κ2) is 3.09. The molecule has 0 aromatic heterocycles. The van der Waals surface area contributed by atoms with Crippen molar-refractivity contribution in [2.75, 3.05) is 6.54 Å². The summed E-state index contributed by atoms with van der Waals surface area (Å²) in [5, 5.41) is 10.2. The summed E-state index contributed by atoms with van der Waals surface area (Å²) in [7, 11) is 0. The van der Waals surface area contributed by atoms with Crippen molar-refractivity contribution >= 4 is 34.6 Å². The Morgan fingerprint density at radius 3 is 3.00 bits per heavy atom. The van der Waals surface area contributed by atoms with Crippen LogP contribution in [0.2, 0.25) is 0 Å². The van der Waals surface area contributed by atoms with E-state index in [1.54, 1.807) is 4.90 Å². The van der Waals surface area contributed by atoms with Gasteiger partial charge in [0.25, 0.3) is 0 Å². The summed E-state index contributed by atoms with van der Waals surface area (Å²) in [6, 6.07) is -0.373. The lowest BCUT2D eigenvalue weighted by Crippen LogP contribution is -2.43. The first-order chi connectivity index (χ1) is 6.15. The van der Waals surface area contributed by atoms with Crippen LogP contribution >= 0.6 is 22.9 Å². The molecule has 0 spiro atoms. The van der Waals surface area contributed by atoms with E-state index in [0.717, 1.165) is 17.2 Å². The van der Waals surface area contributed by atoms with E-state index in [2.05, 4.69) is 3.21 Å². The molecule has 5 nitrogen and oxygen atoms in total. The van der Waals surface area contributed by atoms with Crippen molar-refractivity contribution in [1.29, 1.82) is 0 Å². The van der Waals surface area contributed by atoms with Crippen molar-refractivity contribution in [3.63, 3.8) is 0 Å². The number of carbonyl (C=O) groups excluding carboxylic acids is 1. The summed E-state index contributed by atoms with van der Waals surface area (Å²) in [5.41, 5.74) is 0.901. The molecule has 2 rings (SSSR count). The standard InChI is InChI=1S/C7H10IN3O2/c1-4-2-5(9-8)6-3-10(4)7(12)11(6)13/h4,6,13H,2-3H2,1H3. The van der Waals surface area contributed by atoms with Gasteiger partial charge >= 0.3 is 6.03 Å². The van der Waals surface area contributed by atoms with E-state index >= 15 is 0 Å². The fraction of sp³-hybridized carbons (Fsp3) is 0.714. The number of hydroxylamine groups is 2. The summed E-state index contributed by atoms with van der Waals surface area (Å²) < 4.78 is 4.07. The third kappa shape index (κ3) is 1.23. The zero-order valence-corrected chi connectivity index (χ0v) is 9.30. The zero-order chi connectivity index (χ0) is 9.59.